The zero-order chi connectivity index (χ0) is 16.7. The minimum atomic E-state index is -0.388. The minimum Gasteiger partial charge on any atom is -0.491 e. The van der Waals surface area contributed by atoms with Crippen molar-refractivity contribution in [2.45, 2.75) is 26.8 Å². The Morgan fingerprint density at radius 2 is 1.83 bits per heavy atom. The van der Waals surface area contributed by atoms with Crippen molar-refractivity contribution in [2.24, 2.45) is 10.7 Å². The second kappa shape index (κ2) is 8.17. The number of aryl methyl sites for hydroxylation is 1. The van der Waals surface area contributed by atoms with Gasteiger partial charge in [0.25, 0.3) is 0 Å². The van der Waals surface area contributed by atoms with Gasteiger partial charge >= 0.3 is 0 Å². The highest BCUT2D eigenvalue weighted by Crippen LogP contribution is 2.18. The van der Waals surface area contributed by atoms with Crippen LogP contribution in [-0.2, 0) is 13.0 Å². The fourth-order valence-corrected chi connectivity index (χ4v) is 2.10. The second-order valence-corrected chi connectivity index (χ2v) is 5.07. The van der Waals surface area contributed by atoms with E-state index in [-0.39, 0.29) is 11.6 Å². The molecule has 0 aliphatic rings. The number of hydrogen-bond donors (Lipinski definition) is 2. The first-order chi connectivity index (χ1) is 11.1. The number of guanidine groups is 1. The Morgan fingerprint density at radius 1 is 1.13 bits per heavy atom. The molecule has 4 nitrogen and oxygen atoms in total. The van der Waals surface area contributed by atoms with E-state index in [1.54, 1.807) is 12.1 Å². The van der Waals surface area contributed by atoms with Crippen LogP contribution in [0.4, 0.5) is 10.1 Å². The van der Waals surface area contributed by atoms with Gasteiger partial charge in [-0.1, -0.05) is 25.1 Å². The molecule has 0 radical (unpaired) electrons. The summed E-state index contributed by atoms with van der Waals surface area (Å²) >= 11 is 0. The average molecular weight is 315 g/mol. The molecule has 0 atom stereocenters. The van der Waals surface area contributed by atoms with Crippen molar-refractivity contribution >= 4 is 11.6 Å². The van der Waals surface area contributed by atoms with E-state index in [0.29, 0.717) is 19.1 Å². The molecule has 0 unspecified atom stereocenters. The zero-order valence-electron chi connectivity index (χ0n) is 13.5. The number of benzene rings is 2. The van der Waals surface area contributed by atoms with Crippen LogP contribution in [0.25, 0.3) is 0 Å². The van der Waals surface area contributed by atoms with E-state index >= 15 is 0 Å². The van der Waals surface area contributed by atoms with Crippen LogP contribution in [0.5, 0.6) is 5.75 Å². The molecule has 0 aromatic heterocycles. The van der Waals surface area contributed by atoms with E-state index in [9.17, 15) is 4.39 Å². The van der Waals surface area contributed by atoms with Crippen molar-refractivity contribution in [1.29, 1.82) is 0 Å². The molecular weight excluding hydrogens is 293 g/mol. The van der Waals surface area contributed by atoms with Gasteiger partial charge < -0.3 is 15.8 Å². The van der Waals surface area contributed by atoms with E-state index in [4.69, 9.17) is 10.5 Å². The van der Waals surface area contributed by atoms with Crippen molar-refractivity contribution in [3.8, 4) is 5.75 Å². The van der Waals surface area contributed by atoms with Gasteiger partial charge in [-0.05, 0) is 48.7 Å². The third-order valence-corrected chi connectivity index (χ3v) is 3.36. The zero-order valence-corrected chi connectivity index (χ0v) is 13.5. The van der Waals surface area contributed by atoms with Gasteiger partial charge in [0.15, 0.2) is 17.5 Å². The number of ether oxygens (including phenoxy) is 1. The van der Waals surface area contributed by atoms with Crippen LogP contribution in [0.1, 0.15) is 25.0 Å². The first kappa shape index (κ1) is 16.8. The van der Waals surface area contributed by atoms with Crippen molar-refractivity contribution < 1.29 is 9.13 Å². The molecule has 0 heterocycles. The molecule has 2 aromatic rings. The molecule has 122 valence electrons. The number of nitrogens with one attached hydrogen (secondary N) is 1. The molecule has 0 bridgehead atoms. The molecule has 2 rings (SSSR count). The Morgan fingerprint density at radius 3 is 2.43 bits per heavy atom. The summed E-state index contributed by atoms with van der Waals surface area (Å²) < 4.78 is 18.9. The lowest BCUT2D eigenvalue weighted by atomic mass is 10.1. The van der Waals surface area contributed by atoms with E-state index in [1.807, 2.05) is 31.2 Å². The third kappa shape index (κ3) is 4.98. The molecule has 0 aliphatic carbocycles. The number of hydrogen-bond acceptors (Lipinski definition) is 2. The summed E-state index contributed by atoms with van der Waals surface area (Å²) in [7, 11) is 0. The summed E-state index contributed by atoms with van der Waals surface area (Å²) in [6.07, 6.45) is 0.993. The normalized spacial score (nSPS) is 11.3. The lowest BCUT2D eigenvalue weighted by Gasteiger charge is -2.08. The lowest BCUT2D eigenvalue weighted by molar-refractivity contribution is 0.321. The molecule has 2 aromatic carbocycles. The highest BCUT2D eigenvalue weighted by atomic mass is 19.1. The summed E-state index contributed by atoms with van der Waals surface area (Å²) in [4.78, 5) is 4.22. The smallest absolute Gasteiger partial charge is 0.193 e. The van der Waals surface area contributed by atoms with Crippen LogP contribution in [0, 0.1) is 5.82 Å². The highest BCUT2D eigenvalue weighted by Gasteiger charge is 2.04. The lowest BCUT2D eigenvalue weighted by Crippen LogP contribution is -2.22. The molecule has 0 fully saturated rings. The second-order valence-electron chi connectivity index (χ2n) is 5.07. The van der Waals surface area contributed by atoms with E-state index < -0.39 is 0 Å². The van der Waals surface area contributed by atoms with Crippen LogP contribution in [0.15, 0.2) is 47.5 Å². The van der Waals surface area contributed by atoms with Gasteiger partial charge in [0.1, 0.15) is 0 Å². The van der Waals surface area contributed by atoms with E-state index in [2.05, 4.69) is 17.2 Å². The van der Waals surface area contributed by atoms with Crippen molar-refractivity contribution in [2.75, 3.05) is 11.9 Å². The van der Waals surface area contributed by atoms with Gasteiger partial charge in [0.2, 0.25) is 0 Å². The first-order valence-corrected chi connectivity index (χ1v) is 7.69. The molecule has 0 aliphatic heterocycles. The Kier molecular flexibility index (Phi) is 5.97. The van der Waals surface area contributed by atoms with Crippen molar-refractivity contribution in [1.82, 2.24) is 0 Å². The number of rotatable bonds is 6. The summed E-state index contributed by atoms with van der Waals surface area (Å²) in [6.45, 7) is 4.66. The monoisotopic (exact) mass is 315 g/mol. The van der Waals surface area contributed by atoms with Crippen LogP contribution in [0.2, 0.25) is 0 Å². The minimum absolute atomic E-state index is 0.252. The topological polar surface area (TPSA) is 59.6 Å². The fraction of sp³-hybridized carbons (Fsp3) is 0.278. The number of nitrogens with two attached hydrogens (primary N) is 1. The molecule has 23 heavy (non-hydrogen) atoms. The predicted octanol–water partition coefficient (Wildman–Crippen LogP) is 3.71. The van der Waals surface area contributed by atoms with Crippen molar-refractivity contribution in [3.05, 3.63) is 59.4 Å². The Labute approximate surface area is 136 Å². The van der Waals surface area contributed by atoms with Gasteiger partial charge in [0, 0.05) is 5.69 Å². The van der Waals surface area contributed by atoms with Crippen LogP contribution in [0.3, 0.4) is 0 Å². The Bertz CT molecular complexity index is 668. The van der Waals surface area contributed by atoms with Crippen LogP contribution >= 0.6 is 0 Å². The summed E-state index contributed by atoms with van der Waals surface area (Å²) in [5.41, 5.74) is 8.73. The molecule has 0 saturated heterocycles. The first-order valence-electron chi connectivity index (χ1n) is 7.69. The van der Waals surface area contributed by atoms with Gasteiger partial charge in [-0.3, -0.25) is 0 Å². The molecule has 5 heteroatoms. The summed E-state index contributed by atoms with van der Waals surface area (Å²) in [6, 6.07) is 12.8. The van der Waals surface area contributed by atoms with E-state index in [1.165, 1.54) is 11.6 Å². The maximum atomic E-state index is 13.8. The number of halogens is 1. The fourth-order valence-electron chi connectivity index (χ4n) is 2.10. The molecule has 0 amide bonds. The van der Waals surface area contributed by atoms with Gasteiger partial charge in [-0.15, -0.1) is 0 Å². The maximum Gasteiger partial charge on any atom is 0.193 e. The largest absolute Gasteiger partial charge is 0.491 e. The standard InChI is InChI=1S/C18H22FN3O/c1-3-13-5-8-15(9-6-13)22-18(20)21-12-14-7-10-17(23-4-2)16(19)11-14/h5-11H,3-4,12H2,1-2H3,(H3,20,21,22). The van der Waals surface area contributed by atoms with Crippen LogP contribution < -0.4 is 15.8 Å². The summed E-state index contributed by atoms with van der Waals surface area (Å²) in [5.74, 6) is 0.159. The molecule has 0 saturated carbocycles. The summed E-state index contributed by atoms with van der Waals surface area (Å²) in [5, 5.41) is 3.02. The molecule has 3 N–H and O–H groups in total. The molecular formula is C18H22FN3O. The predicted molar refractivity (Wildman–Crippen MR) is 92.3 cm³/mol. The number of nitrogens with zero attached hydrogens (tertiary/aromatic N) is 1. The third-order valence-electron chi connectivity index (χ3n) is 3.36. The maximum absolute atomic E-state index is 13.8. The van der Waals surface area contributed by atoms with Gasteiger partial charge in [0.05, 0.1) is 13.2 Å². The quantitative estimate of drug-likeness (QED) is 0.631. The SMILES string of the molecule is CCOc1ccc(CN=C(N)Nc2ccc(CC)cc2)cc1F. The van der Waals surface area contributed by atoms with Crippen molar-refractivity contribution in [3.63, 3.8) is 0 Å². The number of anilines is 1. The highest BCUT2D eigenvalue weighted by molar-refractivity contribution is 5.92. The Balaban J connectivity index is 1.97. The van der Waals surface area contributed by atoms with Gasteiger partial charge in [-0.2, -0.15) is 0 Å². The molecule has 0 spiro atoms. The van der Waals surface area contributed by atoms with Gasteiger partial charge in [-0.25, -0.2) is 9.38 Å². The average Bonchev–Trinajstić information content (AvgIpc) is 2.56. The van der Waals surface area contributed by atoms with Crippen LogP contribution in [-0.4, -0.2) is 12.6 Å². The number of aliphatic imine (C=N–C) groups is 1. The van der Waals surface area contributed by atoms with E-state index in [0.717, 1.165) is 17.7 Å². The Hall–Kier alpha value is -2.56.